The van der Waals surface area contributed by atoms with Gasteiger partial charge in [0, 0.05) is 12.6 Å². The molecule has 0 bridgehead atoms. The average molecular weight is 363 g/mol. The normalized spacial score (nSPS) is 18.2. The molecule has 8 heteroatoms. The molecule has 0 N–H and O–H groups in total. The fraction of sp³-hybridized carbons (Fsp3) is 0.412. The van der Waals surface area contributed by atoms with E-state index in [1.165, 1.54) is 4.31 Å². The topological polar surface area (TPSA) is 81.6 Å². The van der Waals surface area contributed by atoms with Crippen molar-refractivity contribution < 1.29 is 17.9 Å². The standard InChI is InChI=1S/C17H21N3O4S/c1-3-23-14-5-7-16(8-6-14)25(21,22)20-11-10-15(12-20)24-17-9-4-13(2)18-19-17/h4-9,15H,3,10-12H2,1-2H3. The molecular formula is C17H21N3O4S. The minimum atomic E-state index is -3.54. The number of aromatic nitrogens is 2. The van der Waals surface area contributed by atoms with Crippen molar-refractivity contribution in [3.8, 4) is 11.6 Å². The molecule has 2 heterocycles. The Kier molecular flexibility index (Phi) is 5.19. The first-order valence-corrected chi connectivity index (χ1v) is 9.63. The maximum Gasteiger partial charge on any atom is 0.243 e. The summed E-state index contributed by atoms with van der Waals surface area (Å²) in [6.07, 6.45) is 0.390. The first-order chi connectivity index (χ1) is 12.0. The monoisotopic (exact) mass is 363 g/mol. The lowest BCUT2D eigenvalue weighted by Crippen LogP contribution is -2.31. The fourth-order valence-corrected chi connectivity index (χ4v) is 4.14. The molecule has 134 valence electrons. The summed E-state index contributed by atoms with van der Waals surface area (Å²) in [5.41, 5.74) is 0.804. The summed E-state index contributed by atoms with van der Waals surface area (Å²) in [7, 11) is -3.54. The maximum atomic E-state index is 12.7. The molecule has 7 nitrogen and oxygen atoms in total. The van der Waals surface area contributed by atoms with Crippen molar-refractivity contribution in [2.24, 2.45) is 0 Å². The largest absolute Gasteiger partial charge is 0.494 e. The molecule has 1 aromatic heterocycles. The van der Waals surface area contributed by atoms with Crippen LogP contribution >= 0.6 is 0 Å². The second kappa shape index (κ2) is 7.37. The summed E-state index contributed by atoms with van der Waals surface area (Å²) < 4.78 is 38.0. The number of benzene rings is 1. The number of aryl methyl sites for hydroxylation is 1. The Hall–Kier alpha value is -2.19. The Morgan fingerprint density at radius 1 is 1.16 bits per heavy atom. The highest BCUT2D eigenvalue weighted by Crippen LogP contribution is 2.24. The summed E-state index contributed by atoms with van der Waals surface area (Å²) in [5, 5.41) is 7.90. The van der Waals surface area contributed by atoms with Crippen LogP contribution in [0.2, 0.25) is 0 Å². The first kappa shape index (κ1) is 17.6. The second-order valence-corrected chi connectivity index (χ2v) is 7.75. The number of hydrogen-bond donors (Lipinski definition) is 0. The zero-order valence-electron chi connectivity index (χ0n) is 14.3. The molecule has 0 aliphatic carbocycles. The predicted molar refractivity (Wildman–Crippen MR) is 92.2 cm³/mol. The summed E-state index contributed by atoms with van der Waals surface area (Å²) in [6.45, 7) is 4.98. The average Bonchev–Trinajstić information content (AvgIpc) is 3.07. The number of hydrogen-bond acceptors (Lipinski definition) is 6. The second-order valence-electron chi connectivity index (χ2n) is 5.81. The molecule has 2 aromatic rings. The van der Waals surface area contributed by atoms with Crippen molar-refractivity contribution in [2.45, 2.75) is 31.3 Å². The van der Waals surface area contributed by atoms with E-state index in [9.17, 15) is 8.42 Å². The van der Waals surface area contributed by atoms with Crippen LogP contribution in [-0.4, -0.2) is 48.7 Å². The molecule has 1 unspecified atom stereocenters. The summed E-state index contributed by atoms with van der Waals surface area (Å²) in [6, 6.07) is 10.0. The van der Waals surface area contributed by atoms with E-state index in [1.54, 1.807) is 30.3 Å². The van der Waals surface area contributed by atoms with Gasteiger partial charge in [-0.05, 0) is 50.6 Å². The number of rotatable bonds is 6. The number of nitrogens with zero attached hydrogens (tertiary/aromatic N) is 3. The van der Waals surface area contributed by atoms with Crippen LogP contribution < -0.4 is 9.47 Å². The van der Waals surface area contributed by atoms with Gasteiger partial charge in [0.15, 0.2) is 0 Å². The molecule has 3 rings (SSSR count). The van der Waals surface area contributed by atoms with E-state index in [2.05, 4.69) is 10.2 Å². The van der Waals surface area contributed by atoms with Gasteiger partial charge in [-0.1, -0.05) is 0 Å². The Morgan fingerprint density at radius 3 is 2.56 bits per heavy atom. The van der Waals surface area contributed by atoms with E-state index in [4.69, 9.17) is 9.47 Å². The minimum absolute atomic E-state index is 0.227. The van der Waals surface area contributed by atoms with Crippen molar-refractivity contribution in [3.05, 3.63) is 42.1 Å². The molecule has 0 spiro atoms. The van der Waals surface area contributed by atoms with Crippen molar-refractivity contribution in [1.82, 2.24) is 14.5 Å². The van der Waals surface area contributed by atoms with Crippen LogP contribution in [0.4, 0.5) is 0 Å². The highest BCUT2D eigenvalue weighted by molar-refractivity contribution is 7.89. The molecule has 1 saturated heterocycles. The quantitative estimate of drug-likeness (QED) is 0.781. The van der Waals surface area contributed by atoms with Crippen molar-refractivity contribution in [1.29, 1.82) is 0 Å². The SMILES string of the molecule is CCOc1ccc(S(=O)(=O)N2CCC(Oc3ccc(C)nn3)C2)cc1. The molecule has 0 saturated carbocycles. The molecule has 1 atom stereocenters. The van der Waals surface area contributed by atoms with Gasteiger partial charge in [-0.3, -0.25) is 0 Å². The summed E-state index contributed by atoms with van der Waals surface area (Å²) in [5.74, 6) is 1.07. The van der Waals surface area contributed by atoms with Gasteiger partial charge in [0.1, 0.15) is 11.9 Å². The van der Waals surface area contributed by atoms with Gasteiger partial charge in [-0.2, -0.15) is 9.40 Å². The Balaban J connectivity index is 1.66. The Morgan fingerprint density at radius 2 is 1.92 bits per heavy atom. The third-order valence-electron chi connectivity index (χ3n) is 3.94. The van der Waals surface area contributed by atoms with E-state index in [0.29, 0.717) is 37.7 Å². The molecule has 0 radical (unpaired) electrons. The van der Waals surface area contributed by atoms with Gasteiger partial charge < -0.3 is 9.47 Å². The van der Waals surface area contributed by atoms with Crippen molar-refractivity contribution in [3.63, 3.8) is 0 Å². The lowest BCUT2D eigenvalue weighted by Gasteiger charge is -2.17. The Labute approximate surface area is 147 Å². The highest BCUT2D eigenvalue weighted by Gasteiger charge is 2.33. The van der Waals surface area contributed by atoms with Crippen LogP contribution in [0.5, 0.6) is 11.6 Å². The lowest BCUT2D eigenvalue weighted by molar-refractivity contribution is 0.204. The van der Waals surface area contributed by atoms with Crippen LogP contribution in [0.15, 0.2) is 41.3 Å². The maximum absolute atomic E-state index is 12.7. The van der Waals surface area contributed by atoms with E-state index in [-0.39, 0.29) is 11.0 Å². The van der Waals surface area contributed by atoms with E-state index in [1.807, 2.05) is 19.9 Å². The van der Waals surface area contributed by atoms with Gasteiger partial charge >= 0.3 is 0 Å². The fourth-order valence-electron chi connectivity index (χ4n) is 2.66. The molecule has 0 amide bonds. The van der Waals surface area contributed by atoms with Gasteiger partial charge in [0.2, 0.25) is 15.9 Å². The van der Waals surface area contributed by atoms with Crippen molar-refractivity contribution in [2.75, 3.05) is 19.7 Å². The smallest absolute Gasteiger partial charge is 0.243 e. The third-order valence-corrected chi connectivity index (χ3v) is 5.82. The predicted octanol–water partition coefficient (Wildman–Crippen LogP) is 2.03. The third kappa shape index (κ3) is 4.08. The first-order valence-electron chi connectivity index (χ1n) is 8.19. The van der Waals surface area contributed by atoms with Gasteiger partial charge in [-0.15, -0.1) is 5.10 Å². The molecule has 1 aliphatic heterocycles. The zero-order chi connectivity index (χ0) is 17.9. The number of sulfonamides is 1. The van der Waals surface area contributed by atoms with E-state index >= 15 is 0 Å². The molecular weight excluding hydrogens is 342 g/mol. The van der Waals surface area contributed by atoms with E-state index < -0.39 is 10.0 Å². The zero-order valence-corrected chi connectivity index (χ0v) is 15.1. The van der Waals surface area contributed by atoms with E-state index in [0.717, 1.165) is 5.69 Å². The van der Waals surface area contributed by atoms with Crippen LogP contribution in [0.3, 0.4) is 0 Å². The highest BCUT2D eigenvalue weighted by atomic mass is 32.2. The van der Waals surface area contributed by atoms with Crippen LogP contribution in [0, 0.1) is 6.92 Å². The van der Waals surface area contributed by atoms with Gasteiger partial charge in [-0.25, -0.2) is 8.42 Å². The van der Waals surface area contributed by atoms with Crippen LogP contribution in [0.25, 0.3) is 0 Å². The van der Waals surface area contributed by atoms with Gasteiger partial charge in [0.25, 0.3) is 0 Å². The minimum Gasteiger partial charge on any atom is -0.494 e. The van der Waals surface area contributed by atoms with Gasteiger partial charge in [0.05, 0.1) is 23.7 Å². The number of ether oxygens (including phenoxy) is 2. The van der Waals surface area contributed by atoms with Crippen LogP contribution in [0.1, 0.15) is 19.0 Å². The molecule has 1 fully saturated rings. The molecule has 1 aromatic carbocycles. The molecule has 1 aliphatic rings. The molecule has 25 heavy (non-hydrogen) atoms. The Bertz CT molecular complexity index is 807. The van der Waals surface area contributed by atoms with Crippen LogP contribution in [-0.2, 0) is 10.0 Å². The lowest BCUT2D eigenvalue weighted by atomic mass is 10.3. The van der Waals surface area contributed by atoms with Crippen molar-refractivity contribution >= 4 is 10.0 Å². The summed E-state index contributed by atoms with van der Waals surface area (Å²) >= 11 is 0. The summed E-state index contributed by atoms with van der Waals surface area (Å²) in [4.78, 5) is 0.256.